The van der Waals surface area contributed by atoms with Crippen LogP contribution >= 0.6 is 0 Å². The van der Waals surface area contributed by atoms with Gasteiger partial charge in [0.15, 0.2) is 0 Å². The van der Waals surface area contributed by atoms with Crippen molar-refractivity contribution >= 4 is 11.0 Å². The number of para-hydroxylation sites is 1. The minimum absolute atomic E-state index is 0.725. The van der Waals surface area contributed by atoms with Crippen molar-refractivity contribution in [2.45, 2.75) is 6.92 Å². The third-order valence-electron chi connectivity index (χ3n) is 6.27. The maximum absolute atomic E-state index is 6.47. The van der Waals surface area contributed by atoms with Gasteiger partial charge < -0.3 is 9.15 Å². The molecule has 0 unspecified atom stereocenters. The molecule has 2 heterocycles. The molecule has 0 aliphatic rings. The quantitative estimate of drug-likeness (QED) is 0.264. The summed E-state index contributed by atoms with van der Waals surface area (Å²) in [7, 11) is 1.69. The van der Waals surface area contributed by atoms with Gasteiger partial charge in [-0.1, -0.05) is 78.9 Å². The summed E-state index contributed by atoms with van der Waals surface area (Å²) in [4.78, 5) is 0. The van der Waals surface area contributed by atoms with E-state index in [1.165, 1.54) is 0 Å². The van der Waals surface area contributed by atoms with E-state index in [0.29, 0.717) is 0 Å². The van der Waals surface area contributed by atoms with Crippen molar-refractivity contribution in [2.75, 3.05) is 7.11 Å². The zero-order valence-electron chi connectivity index (χ0n) is 19.6. The van der Waals surface area contributed by atoms with Crippen LogP contribution in [-0.2, 0) is 0 Å². The van der Waals surface area contributed by atoms with Crippen LogP contribution in [-0.4, -0.2) is 16.9 Å². The van der Waals surface area contributed by atoms with Crippen LogP contribution in [0.3, 0.4) is 0 Å². The van der Waals surface area contributed by atoms with Crippen LogP contribution in [0.4, 0.5) is 0 Å². The molecule has 0 saturated heterocycles. The van der Waals surface area contributed by atoms with Gasteiger partial charge in [-0.15, -0.1) is 0 Å². The van der Waals surface area contributed by atoms with E-state index in [0.717, 1.165) is 61.8 Å². The highest BCUT2D eigenvalue weighted by Gasteiger charge is 2.21. The Bertz CT molecular complexity index is 1620. The highest BCUT2D eigenvalue weighted by atomic mass is 16.5. The molecular weight excluding hydrogens is 432 g/mol. The zero-order valence-corrected chi connectivity index (χ0v) is 19.6. The van der Waals surface area contributed by atoms with E-state index in [2.05, 4.69) is 67.6 Å². The smallest absolute Gasteiger partial charge is 0.143 e. The molecule has 0 N–H and O–H groups in total. The largest absolute Gasteiger partial charge is 0.496 e. The van der Waals surface area contributed by atoms with Crippen LogP contribution < -0.4 is 4.74 Å². The maximum Gasteiger partial charge on any atom is 0.143 e. The average Bonchev–Trinajstić information content (AvgIpc) is 3.49. The molecule has 4 aromatic carbocycles. The zero-order chi connectivity index (χ0) is 23.8. The van der Waals surface area contributed by atoms with Gasteiger partial charge in [-0.3, -0.25) is 0 Å². The predicted octanol–water partition coefficient (Wildman–Crippen LogP) is 7.94. The fraction of sp³-hybridized carbons (Fsp3) is 0.0645. The molecule has 0 bridgehead atoms. The van der Waals surface area contributed by atoms with Gasteiger partial charge in [0.25, 0.3) is 0 Å². The molecule has 2 aromatic heterocycles. The summed E-state index contributed by atoms with van der Waals surface area (Å²) in [5, 5.41) is 5.96. The van der Waals surface area contributed by atoms with Crippen LogP contribution in [0.5, 0.6) is 5.75 Å². The van der Waals surface area contributed by atoms with Gasteiger partial charge in [0.2, 0.25) is 0 Å². The van der Waals surface area contributed by atoms with Crippen LogP contribution in [0.15, 0.2) is 114 Å². The first kappa shape index (κ1) is 21.0. The van der Waals surface area contributed by atoms with Gasteiger partial charge in [-0.05, 0) is 36.8 Å². The molecule has 0 radical (unpaired) electrons. The number of furan rings is 1. The number of benzene rings is 4. The minimum atomic E-state index is 0.725. The van der Waals surface area contributed by atoms with E-state index >= 15 is 0 Å². The Balaban J connectivity index is 1.60. The number of fused-ring (bicyclic) bond motifs is 1. The number of hydrogen-bond donors (Lipinski definition) is 0. The monoisotopic (exact) mass is 456 g/mol. The number of aromatic nitrogens is 2. The standard InChI is InChI=1S/C31H24N2O2/c1-21-18-27(32-33(21)24-16-10-5-11-17-24)25-19-26-29(20-28(25)34-2)35-31(23-14-8-4-9-15-23)30(26)22-12-6-3-7-13-22/h3-20H,1-2H3. The molecule has 0 amide bonds. The van der Waals surface area contributed by atoms with Crippen LogP contribution in [0.1, 0.15) is 5.69 Å². The van der Waals surface area contributed by atoms with Gasteiger partial charge in [-0.2, -0.15) is 5.10 Å². The van der Waals surface area contributed by atoms with Crippen molar-refractivity contribution in [3.63, 3.8) is 0 Å². The number of ether oxygens (including phenoxy) is 1. The lowest BCUT2D eigenvalue weighted by molar-refractivity contribution is 0.416. The summed E-state index contributed by atoms with van der Waals surface area (Å²) in [5.74, 6) is 1.57. The third kappa shape index (κ3) is 3.69. The summed E-state index contributed by atoms with van der Waals surface area (Å²) in [5.41, 5.74) is 7.84. The predicted molar refractivity (Wildman–Crippen MR) is 141 cm³/mol. The molecule has 0 saturated carbocycles. The first-order valence-electron chi connectivity index (χ1n) is 11.6. The summed E-state index contributed by atoms with van der Waals surface area (Å²) in [6.45, 7) is 2.06. The molecular formula is C31H24N2O2. The number of rotatable bonds is 5. The summed E-state index contributed by atoms with van der Waals surface area (Å²) >= 11 is 0. The third-order valence-corrected chi connectivity index (χ3v) is 6.27. The average molecular weight is 457 g/mol. The van der Waals surface area contributed by atoms with Crippen molar-refractivity contribution in [3.8, 4) is 45.1 Å². The lowest BCUT2D eigenvalue weighted by atomic mass is 9.97. The molecule has 0 aliphatic carbocycles. The fourth-order valence-electron chi connectivity index (χ4n) is 4.61. The fourth-order valence-corrected chi connectivity index (χ4v) is 4.61. The molecule has 170 valence electrons. The highest BCUT2D eigenvalue weighted by molar-refractivity contribution is 6.04. The van der Waals surface area contributed by atoms with Crippen LogP contribution in [0.2, 0.25) is 0 Å². The van der Waals surface area contributed by atoms with E-state index in [-0.39, 0.29) is 0 Å². The molecule has 0 spiro atoms. The van der Waals surface area contributed by atoms with Crippen molar-refractivity contribution in [1.82, 2.24) is 9.78 Å². The minimum Gasteiger partial charge on any atom is -0.496 e. The molecule has 6 rings (SSSR count). The Morgan fingerprint density at radius 3 is 2.03 bits per heavy atom. The SMILES string of the molecule is COc1cc2oc(-c3ccccc3)c(-c3ccccc3)c2cc1-c1cc(C)n(-c2ccccc2)n1. The first-order valence-corrected chi connectivity index (χ1v) is 11.6. The Hall–Kier alpha value is -4.57. The number of hydrogen-bond acceptors (Lipinski definition) is 3. The Morgan fingerprint density at radius 2 is 1.37 bits per heavy atom. The highest BCUT2D eigenvalue weighted by Crippen LogP contribution is 2.44. The number of methoxy groups -OCH3 is 1. The number of nitrogens with zero attached hydrogens (tertiary/aromatic N) is 2. The van der Waals surface area contributed by atoms with E-state index < -0.39 is 0 Å². The maximum atomic E-state index is 6.47. The topological polar surface area (TPSA) is 40.2 Å². The molecule has 0 atom stereocenters. The molecule has 35 heavy (non-hydrogen) atoms. The van der Waals surface area contributed by atoms with Crippen LogP contribution in [0.25, 0.3) is 50.4 Å². The van der Waals surface area contributed by atoms with E-state index in [1.54, 1.807) is 7.11 Å². The van der Waals surface area contributed by atoms with E-state index in [4.69, 9.17) is 14.3 Å². The molecule has 6 aromatic rings. The van der Waals surface area contributed by atoms with E-state index in [9.17, 15) is 0 Å². The molecule has 0 fully saturated rings. The van der Waals surface area contributed by atoms with Crippen LogP contribution in [0, 0.1) is 6.92 Å². The van der Waals surface area contributed by atoms with Gasteiger partial charge in [-0.25, -0.2) is 4.68 Å². The van der Waals surface area contributed by atoms with Gasteiger partial charge in [0.1, 0.15) is 17.1 Å². The summed E-state index contributed by atoms with van der Waals surface area (Å²) in [6, 6.07) is 37.0. The van der Waals surface area contributed by atoms with Crippen molar-refractivity contribution in [2.24, 2.45) is 0 Å². The van der Waals surface area contributed by atoms with Crippen molar-refractivity contribution in [1.29, 1.82) is 0 Å². The molecule has 4 nitrogen and oxygen atoms in total. The Morgan fingerprint density at radius 1 is 0.743 bits per heavy atom. The van der Waals surface area contributed by atoms with Gasteiger partial charge >= 0.3 is 0 Å². The molecule has 4 heteroatoms. The second-order valence-electron chi connectivity index (χ2n) is 8.51. The first-order chi connectivity index (χ1) is 17.2. The Labute approximate surface area is 204 Å². The lowest BCUT2D eigenvalue weighted by Crippen LogP contribution is -1.98. The Kier molecular flexibility index (Phi) is 5.19. The number of aryl methyl sites for hydroxylation is 1. The summed E-state index contributed by atoms with van der Waals surface area (Å²) < 4.78 is 14.2. The van der Waals surface area contributed by atoms with E-state index in [1.807, 2.05) is 53.2 Å². The normalized spacial score (nSPS) is 11.1. The lowest BCUT2D eigenvalue weighted by Gasteiger charge is -2.08. The second kappa shape index (κ2) is 8.65. The van der Waals surface area contributed by atoms with Gasteiger partial charge in [0.05, 0.1) is 18.5 Å². The van der Waals surface area contributed by atoms with Crippen molar-refractivity contribution in [3.05, 3.63) is 115 Å². The summed E-state index contributed by atoms with van der Waals surface area (Å²) in [6.07, 6.45) is 0. The second-order valence-corrected chi connectivity index (χ2v) is 8.51. The van der Waals surface area contributed by atoms with Crippen molar-refractivity contribution < 1.29 is 9.15 Å². The van der Waals surface area contributed by atoms with Gasteiger partial charge in [0, 0.05) is 33.8 Å². The molecule has 0 aliphatic heterocycles.